The summed E-state index contributed by atoms with van der Waals surface area (Å²) in [6.45, 7) is 9.26. The number of carbonyl (C=O) groups excluding carboxylic acids is 2. The third-order valence-corrected chi connectivity index (χ3v) is 8.02. The van der Waals surface area contributed by atoms with Gasteiger partial charge >= 0.3 is 0 Å². The Labute approximate surface area is 238 Å². The van der Waals surface area contributed by atoms with Gasteiger partial charge in [0.15, 0.2) is 11.6 Å². The Morgan fingerprint density at radius 2 is 1.88 bits per heavy atom. The zero-order valence-corrected chi connectivity index (χ0v) is 24.1. The molecule has 8 nitrogen and oxygen atoms in total. The van der Waals surface area contributed by atoms with Crippen molar-refractivity contribution in [3.63, 3.8) is 0 Å². The number of anilines is 2. The molecule has 0 spiro atoms. The summed E-state index contributed by atoms with van der Waals surface area (Å²) in [4.78, 5) is 39.0. The molecule has 214 valence electrons. The fraction of sp³-hybridized carbons (Fsp3) is 0.500. The summed E-state index contributed by atoms with van der Waals surface area (Å²) < 4.78 is 5.48. The molecule has 0 saturated carbocycles. The van der Waals surface area contributed by atoms with Crippen LogP contribution in [0.15, 0.2) is 65.7 Å². The molecular formula is C32H43N5O3. The van der Waals surface area contributed by atoms with Crippen molar-refractivity contribution in [3.8, 4) is 0 Å². The molecule has 0 radical (unpaired) electrons. The SMILES string of the molecule is CCCCCC(C)(CCN1CCC(N(C(=O)c2ccco2)c2ccc(C)cc2)CC1)CC(=O)Nc1cnccn1. The lowest BCUT2D eigenvalue weighted by atomic mass is 9.78. The van der Waals surface area contributed by atoms with Crippen LogP contribution in [0.4, 0.5) is 11.5 Å². The Kier molecular flexibility index (Phi) is 10.5. The quantitative estimate of drug-likeness (QED) is 0.247. The minimum atomic E-state index is -0.0957. The second-order valence-corrected chi connectivity index (χ2v) is 11.4. The van der Waals surface area contributed by atoms with E-state index >= 15 is 0 Å². The first kappa shape index (κ1) is 29.5. The molecule has 1 saturated heterocycles. The maximum absolute atomic E-state index is 13.5. The number of rotatable bonds is 13. The Hall–Kier alpha value is -3.52. The monoisotopic (exact) mass is 545 g/mol. The molecule has 8 heteroatoms. The van der Waals surface area contributed by atoms with E-state index in [1.807, 2.05) is 29.2 Å². The molecule has 1 aliphatic rings. The molecule has 40 heavy (non-hydrogen) atoms. The summed E-state index contributed by atoms with van der Waals surface area (Å²) in [5.74, 6) is 0.756. The molecule has 1 unspecified atom stereocenters. The second kappa shape index (κ2) is 14.2. The number of nitrogens with one attached hydrogen (secondary N) is 1. The van der Waals surface area contributed by atoms with Gasteiger partial charge in [0.25, 0.3) is 5.91 Å². The van der Waals surface area contributed by atoms with E-state index in [1.165, 1.54) is 6.42 Å². The number of likely N-dealkylation sites (tertiary alicyclic amines) is 1. The molecule has 1 aliphatic heterocycles. The lowest BCUT2D eigenvalue weighted by Crippen LogP contribution is -2.48. The number of benzene rings is 1. The molecule has 0 aliphatic carbocycles. The molecule has 1 N–H and O–H groups in total. The third kappa shape index (κ3) is 8.24. The second-order valence-electron chi connectivity index (χ2n) is 11.4. The van der Waals surface area contributed by atoms with E-state index in [0.717, 1.165) is 69.4 Å². The van der Waals surface area contributed by atoms with E-state index in [4.69, 9.17) is 4.42 Å². The normalized spacial score (nSPS) is 15.9. The topological polar surface area (TPSA) is 91.6 Å². The van der Waals surface area contributed by atoms with Crippen molar-refractivity contribution in [1.82, 2.24) is 14.9 Å². The number of hydrogen-bond donors (Lipinski definition) is 1. The average Bonchev–Trinajstić information content (AvgIpc) is 3.50. The predicted molar refractivity (Wildman–Crippen MR) is 158 cm³/mol. The van der Waals surface area contributed by atoms with E-state index in [9.17, 15) is 9.59 Å². The zero-order valence-electron chi connectivity index (χ0n) is 24.1. The van der Waals surface area contributed by atoms with Crippen molar-refractivity contribution in [1.29, 1.82) is 0 Å². The Morgan fingerprint density at radius 1 is 1.10 bits per heavy atom. The summed E-state index contributed by atoms with van der Waals surface area (Å²) >= 11 is 0. The summed E-state index contributed by atoms with van der Waals surface area (Å²) in [5.41, 5.74) is 1.97. The van der Waals surface area contributed by atoms with Gasteiger partial charge in [0.1, 0.15) is 0 Å². The van der Waals surface area contributed by atoms with Crippen LogP contribution in [0.2, 0.25) is 0 Å². The van der Waals surface area contributed by atoms with Crippen LogP contribution in [0.5, 0.6) is 0 Å². The summed E-state index contributed by atoms with van der Waals surface area (Å²) in [7, 11) is 0. The number of aromatic nitrogens is 2. The van der Waals surface area contributed by atoms with Crippen LogP contribution in [0.25, 0.3) is 0 Å². The molecule has 1 atom stereocenters. The minimum absolute atomic E-state index is 0.0108. The standard InChI is InChI=1S/C32H43N5O3/c1-4-5-6-15-32(3,23-30(38)35-29-24-33-17-18-34-29)16-21-36-19-13-27(14-20-36)37(26-11-9-25(2)10-12-26)31(39)28-8-7-22-40-28/h7-12,17-18,22,24,27H,4-6,13-16,19-21,23H2,1-3H3,(H,34,35,38). The number of hydrogen-bond acceptors (Lipinski definition) is 6. The van der Waals surface area contributed by atoms with Crippen LogP contribution in [-0.2, 0) is 4.79 Å². The van der Waals surface area contributed by atoms with Crippen molar-refractivity contribution in [2.75, 3.05) is 29.9 Å². The van der Waals surface area contributed by atoms with Gasteiger partial charge in [0, 0.05) is 43.6 Å². The van der Waals surface area contributed by atoms with E-state index in [0.29, 0.717) is 18.0 Å². The van der Waals surface area contributed by atoms with Crippen LogP contribution in [-0.4, -0.2) is 52.4 Å². The summed E-state index contributed by atoms with van der Waals surface area (Å²) in [6, 6.07) is 11.7. The predicted octanol–water partition coefficient (Wildman–Crippen LogP) is 6.49. The number of aryl methyl sites for hydroxylation is 1. The summed E-state index contributed by atoms with van der Waals surface area (Å²) in [5, 5.41) is 2.91. The molecule has 1 fully saturated rings. The highest BCUT2D eigenvalue weighted by Crippen LogP contribution is 2.34. The molecule has 3 aromatic rings. The van der Waals surface area contributed by atoms with Gasteiger partial charge in [0.2, 0.25) is 5.91 Å². The molecular weight excluding hydrogens is 502 g/mol. The molecule has 2 amide bonds. The number of carbonyl (C=O) groups is 2. The number of piperidine rings is 1. The number of amides is 2. The van der Waals surface area contributed by atoms with Gasteiger partial charge in [-0.3, -0.25) is 14.6 Å². The highest BCUT2D eigenvalue weighted by atomic mass is 16.3. The fourth-order valence-corrected chi connectivity index (χ4v) is 5.59. The maximum atomic E-state index is 13.5. The molecule has 4 rings (SSSR count). The maximum Gasteiger partial charge on any atom is 0.294 e. The number of furan rings is 1. The summed E-state index contributed by atoms with van der Waals surface area (Å²) in [6.07, 6.45) is 14.0. The molecule has 0 bridgehead atoms. The third-order valence-electron chi connectivity index (χ3n) is 8.02. The van der Waals surface area contributed by atoms with Gasteiger partial charge in [-0.2, -0.15) is 0 Å². The van der Waals surface area contributed by atoms with Crippen LogP contribution >= 0.6 is 0 Å². The van der Waals surface area contributed by atoms with E-state index in [2.05, 4.69) is 41.0 Å². The van der Waals surface area contributed by atoms with Gasteiger partial charge < -0.3 is 19.5 Å². The lowest BCUT2D eigenvalue weighted by molar-refractivity contribution is -0.118. The lowest BCUT2D eigenvalue weighted by Gasteiger charge is -2.39. The van der Waals surface area contributed by atoms with E-state index in [1.54, 1.807) is 37.0 Å². The van der Waals surface area contributed by atoms with Crippen molar-refractivity contribution in [2.45, 2.75) is 78.2 Å². The Morgan fingerprint density at radius 3 is 2.52 bits per heavy atom. The first-order valence-corrected chi connectivity index (χ1v) is 14.6. The van der Waals surface area contributed by atoms with Gasteiger partial charge in [-0.15, -0.1) is 0 Å². The average molecular weight is 546 g/mol. The van der Waals surface area contributed by atoms with Gasteiger partial charge in [-0.05, 0) is 68.8 Å². The van der Waals surface area contributed by atoms with Crippen LogP contribution in [0, 0.1) is 12.3 Å². The Bertz CT molecular complexity index is 1190. The van der Waals surface area contributed by atoms with Crippen molar-refractivity contribution in [3.05, 3.63) is 72.6 Å². The Balaban J connectivity index is 1.36. The van der Waals surface area contributed by atoms with E-state index < -0.39 is 0 Å². The largest absolute Gasteiger partial charge is 0.459 e. The van der Waals surface area contributed by atoms with Crippen LogP contribution in [0.1, 0.15) is 81.3 Å². The van der Waals surface area contributed by atoms with Gasteiger partial charge in [-0.25, -0.2) is 4.98 Å². The van der Waals surface area contributed by atoms with E-state index in [-0.39, 0.29) is 23.3 Å². The number of unbranched alkanes of at least 4 members (excludes halogenated alkanes) is 2. The molecule has 3 heterocycles. The van der Waals surface area contributed by atoms with Gasteiger partial charge in [-0.1, -0.05) is 50.8 Å². The van der Waals surface area contributed by atoms with Gasteiger partial charge in [0.05, 0.1) is 12.5 Å². The number of nitrogens with zero attached hydrogens (tertiary/aromatic N) is 4. The zero-order chi connectivity index (χ0) is 28.4. The van der Waals surface area contributed by atoms with Crippen LogP contribution < -0.4 is 10.2 Å². The smallest absolute Gasteiger partial charge is 0.294 e. The van der Waals surface area contributed by atoms with Crippen molar-refractivity contribution < 1.29 is 14.0 Å². The van der Waals surface area contributed by atoms with Crippen molar-refractivity contribution in [2.24, 2.45) is 5.41 Å². The highest BCUT2D eigenvalue weighted by molar-refractivity contribution is 6.04. The fourth-order valence-electron chi connectivity index (χ4n) is 5.59. The highest BCUT2D eigenvalue weighted by Gasteiger charge is 2.33. The first-order valence-electron chi connectivity index (χ1n) is 14.6. The minimum Gasteiger partial charge on any atom is -0.459 e. The van der Waals surface area contributed by atoms with Crippen LogP contribution in [0.3, 0.4) is 0 Å². The first-order chi connectivity index (χ1) is 19.4. The molecule has 2 aromatic heterocycles. The molecule has 1 aromatic carbocycles. The van der Waals surface area contributed by atoms with Crippen molar-refractivity contribution >= 4 is 23.3 Å².